The van der Waals surface area contributed by atoms with Gasteiger partial charge in [0.05, 0.1) is 11.1 Å². The molecule has 0 saturated carbocycles. The molecular weight excluding hydrogens is 489 g/mol. The summed E-state index contributed by atoms with van der Waals surface area (Å²) in [4.78, 5) is 25.4. The number of hydrogen-bond donors (Lipinski definition) is 1. The third kappa shape index (κ3) is 6.17. The number of carbonyl (C=O) groups is 2. The number of benzene rings is 3. The maximum Gasteiger partial charge on any atom is 0.426 e. The summed E-state index contributed by atoms with van der Waals surface area (Å²) >= 11 is 0. The zero-order chi connectivity index (χ0) is 26.1. The predicted octanol–water partition coefficient (Wildman–Crippen LogP) is 4.96. The van der Waals surface area contributed by atoms with Crippen LogP contribution in [-0.4, -0.2) is 42.9 Å². The molecule has 0 saturated heterocycles. The normalized spacial score (nSPS) is 12.9. The van der Waals surface area contributed by atoms with Gasteiger partial charge >= 0.3 is 18.1 Å². The van der Waals surface area contributed by atoms with Crippen molar-refractivity contribution in [2.45, 2.75) is 33.1 Å². The minimum Gasteiger partial charge on any atom is -0.448 e. The van der Waals surface area contributed by atoms with Crippen molar-refractivity contribution in [1.82, 2.24) is 0 Å². The van der Waals surface area contributed by atoms with Gasteiger partial charge in [-0.3, -0.25) is 4.55 Å². The molecule has 0 aliphatic carbocycles. The Labute approximate surface area is 199 Å². The van der Waals surface area contributed by atoms with Gasteiger partial charge in [0.1, 0.15) is 11.5 Å². The summed E-state index contributed by atoms with van der Waals surface area (Å²) in [5.74, 6) is -3.90. The number of fused-ring (bicyclic) bond motifs is 1. The number of hydrogen-bond acceptors (Lipinski definition) is 6. The van der Waals surface area contributed by atoms with Crippen LogP contribution < -0.4 is 4.74 Å². The second-order valence-electron chi connectivity index (χ2n) is 7.98. The van der Waals surface area contributed by atoms with Gasteiger partial charge in [-0.05, 0) is 61.0 Å². The summed E-state index contributed by atoms with van der Waals surface area (Å²) in [6.45, 7) is 5.45. The van der Waals surface area contributed by atoms with Crippen LogP contribution in [0.1, 0.15) is 37.4 Å². The number of aryl methyl sites for hydroxylation is 2. The molecule has 7 nitrogen and oxygen atoms in total. The van der Waals surface area contributed by atoms with Gasteiger partial charge in [-0.25, -0.2) is 9.59 Å². The lowest BCUT2D eigenvalue weighted by molar-refractivity contribution is -0.197. The largest absolute Gasteiger partial charge is 0.448 e. The number of carbonyl (C=O) groups excluding carboxylic acids is 2. The van der Waals surface area contributed by atoms with Gasteiger partial charge in [0, 0.05) is 5.39 Å². The molecule has 0 fully saturated rings. The van der Waals surface area contributed by atoms with Gasteiger partial charge in [-0.15, -0.1) is 0 Å². The molecule has 1 atom stereocenters. The molecule has 3 rings (SSSR count). The monoisotopic (exact) mass is 510 g/mol. The van der Waals surface area contributed by atoms with E-state index in [2.05, 4.69) is 4.74 Å². The molecule has 0 aliphatic rings. The highest BCUT2D eigenvalue weighted by atomic mass is 32.2. The highest BCUT2D eigenvalue weighted by Crippen LogP contribution is 2.32. The van der Waals surface area contributed by atoms with E-state index in [0.29, 0.717) is 5.56 Å². The molecule has 0 aliphatic heterocycles. The zero-order valence-electron chi connectivity index (χ0n) is 18.8. The van der Waals surface area contributed by atoms with Gasteiger partial charge in [-0.1, -0.05) is 30.3 Å². The summed E-state index contributed by atoms with van der Waals surface area (Å²) in [7, 11) is -5.09. The van der Waals surface area contributed by atoms with Crippen molar-refractivity contribution >= 4 is 32.8 Å². The van der Waals surface area contributed by atoms with E-state index in [1.54, 1.807) is 19.1 Å². The molecule has 1 unspecified atom stereocenters. The molecule has 0 aromatic heterocycles. The molecule has 0 spiro atoms. The Morgan fingerprint density at radius 1 is 0.943 bits per heavy atom. The lowest BCUT2D eigenvalue weighted by atomic mass is 10.00. The Bertz CT molecular complexity index is 1410. The van der Waals surface area contributed by atoms with Crippen LogP contribution in [0, 0.1) is 20.8 Å². The second kappa shape index (κ2) is 9.67. The zero-order valence-corrected chi connectivity index (χ0v) is 19.7. The predicted molar refractivity (Wildman–Crippen MR) is 121 cm³/mol. The fraction of sp³-hybridized carbons (Fsp3) is 0.250. The number of alkyl halides is 3. The summed E-state index contributed by atoms with van der Waals surface area (Å²) < 4.78 is 80.3. The van der Waals surface area contributed by atoms with Crippen molar-refractivity contribution in [3.63, 3.8) is 0 Å². The Hall–Kier alpha value is -3.44. The Balaban J connectivity index is 1.97. The number of rotatable bonds is 6. The fourth-order valence-electron chi connectivity index (χ4n) is 3.52. The van der Waals surface area contributed by atoms with Crippen LogP contribution in [0.15, 0.2) is 48.5 Å². The van der Waals surface area contributed by atoms with Crippen LogP contribution >= 0.6 is 0 Å². The molecular formula is C24H21F3O7S. The van der Waals surface area contributed by atoms with E-state index in [1.807, 2.05) is 19.9 Å². The van der Waals surface area contributed by atoms with E-state index in [0.717, 1.165) is 22.8 Å². The Morgan fingerprint density at radius 3 is 2.17 bits per heavy atom. The summed E-state index contributed by atoms with van der Waals surface area (Å²) in [6.07, 6.45) is -8.31. The topological polar surface area (TPSA) is 107 Å². The van der Waals surface area contributed by atoms with Crippen molar-refractivity contribution in [2.24, 2.45) is 0 Å². The Kier molecular flexibility index (Phi) is 7.23. The van der Waals surface area contributed by atoms with Gasteiger partial charge in [-0.2, -0.15) is 21.6 Å². The first kappa shape index (κ1) is 26.2. The van der Waals surface area contributed by atoms with E-state index in [9.17, 15) is 31.2 Å². The molecule has 0 radical (unpaired) electrons. The van der Waals surface area contributed by atoms with Crippen molar-refractivity contribution in [2.75, 3.05) is 5.75 Å². The van der Waals surface area contributed by atoms with Crippen LogP contribution in [0.2, 0.25) is 0 Å². The molecule has 1 N–H and O–H groups in total. The average Bonchev–Trinajstić information content (AvgIpc) is 2.74. The lowest BCUT2D eigenvalue weighted by Crippen LogP contribution is -2.39. The highest BCUT2D eigenvalue weighted by molar-refractivity contribution is 7.85. The van der Waals surface area contributed by atoms with E-state index < -0.39 is 40.1 Å². The first-order valence-corrected chi connectivity index (χ1v) is 11.8. The molecule has 0 amide bonds. The maximum absolute atomic E-state index is 13.2. The van der Waals surface area contributed by atoms with E-state index >= 15 is 0 Å². The molecule has 3 aromatic carbocycles. The molecule has 3 aromatic rings. The van der Waals surface area contributed by atoms with Crippen molar-refractivity contribution in [3.8, 4) is 5.75 Å². The summed E-state index contributed by atoms with van der Waals surface area (Å²) in [5, 5.41) is 0.364. The maximum atomic E-state index is 13.2. The van der Waals surface area contributed by atoms with Gasteiger partial charge in [0.15, 0.2) is 0 Å². The minimum absolute atomic E-state index is 0.0611. The molecule has 186 valence electrons. The highest BCUT2D eigenvalue weighted by Gasteiger charge is 2.45. The number of esters is 2. The Morgan fingerprint density at radius 2 is 1.57 bits per heavy atom. The van der Waals surface area contributed by atoms with Crippen molar-refractivity contribution in [3.05, 3.63) is 76.3 Å². The lowest BCUT2D eigenvalue weighted by Gasteiger charge is -2.20. The van der Waals surface area contributed by atoms with Crippen LogP contribution in [0.25, 0.3) is 10.8 Å². The molecule has 11 heteroatoms. The molecule has 0 heterocycles. The van der Waals surface area contributed by atoms with Crippen LogP contribution in [0.3, 0.4) is 0 Å². The molecule has 35 heavy (non-hydrogen) atoms. The fourth-order valence-corrected chi connectivity index (χ4v) is 4.16. The van der Waals surface area contributed by atoms with Gasteiger partial charge in [0.25, 0.3) is 10.1 Å². The van der Waals surface area contributed by atoms with Crippen molar-refractivity contribution < 1.29 is 45.2 Å². The van der Waals surface area contributed by atoms with Gasteiger partial charge in [0.2, 0.25) is 6.10 Å². The first-order chi connectivity index (χ1) is 16.2. The smallest absolute Gasteiger partial charge is 0.426 e. The quantitative estimate of drug-likeness (QED) is 0.284. The number of halogens is 3. The summed E-state index contributed by atoms with van der Waals surface area (Å²) in [5.41, 5.74) is 2.50. The third-order valence-electron chi connectivity index (χ3n) is 5.31. The van der Waals surface area contributed by atoms with E-state index in [-0.39, 0.29) is 22.1 Å². The third-order valence-corrected chi connectivity index (χ3v) is 6.04. The van der Waals surface area contributed by atoms with Crippen LogP contribution in [0.4, 0.5) is 13.2 Å². The van der Waals surface area contributed by atoms with Crippen LogP contribution in [-0.2, 0) is 14.9 Å². The average molecular weight is 510 g/mol. The van der Waals surface area contributed by atoms with E-state index in [1.165, 1.54) is 24.3 Å². The first-order valence-electron chi connectivity index (χ1n) is 10.2. The van der Waals surface area contributed by atoms with Crippen molar-refractivity contribution in [1.29, 1.82) is 0 Å². The van der Waals surface area contributed by atoms with Crippen LogP contribution in [0.5, 0.6) is 5.75 Å². The molecule has 0 bridgehead atoms. The standard InChI is InChI=1S/C24H21F3O7S/c1-13-10-14(2)15(3)19(11-13)23(29)33-20-9-8-18(16-6-4-5-7-17(16)20)22(28)34-21(24(25,26)27)12-35(30,31)32/h4-11,21H,12H2,1-3H3,(H,30,31,32). The summed E-state index contributed by atoms with van der Waals surface area (Å²) in [6, 6.07) is 11.9. The van der Waals surface area contributed by atoms with Gasteiger partial charge < -0.3 is 9.47 Å². The number of ether oxygens (including phenoxy) is 2. The van der Waals surface area contributed by atoms with E-state index in [4.69, 9.17) is 9.29 Å². The second-order valence-corrected chi connectivity index (χ2v) is 9.48. The SMILES string of the molecule is Cc1cc(C)c(C)c(C(=O)Oc2ccc(C(=O)OC(CS(=O)(=O)O)C(F)(F)F)c3ccccc23)c1. The minimum atomic E-state index is -5.24.